The fourth-order valence-electron chi connectivity index (χ4n) is 4.77. The second-order valence-corrected chi connectivity index (χ2v) is 12.1. The monoisotopic (exact) mass is 412 g/mol. The fraction of sp³-hybridized carbons (Fsp3) is 1.00. The van der Waals surface area contributed by atoms with Crippen molar-refractivity contribution in [1.82, 2.24) is 9.80 Å². The van der Waals surface area contributed by atoms with Gasteiger partial charge in [0.2, 0.25) is 0 Å². The molecule has 0 amide bonds. The molecule has 0 aliphatic carbocycles. The van der Waals surface area contributed by atoms with Crippen LogP contribution in [0.4, 0.5) is 0 Å². The first-order valence-corrected chi connectivity index (χ1v) is 11.6. The molecule has 2 unspecified atom stereocenters. The van der Waals surface area contributed by atoms with Gasteiger partial charge in [-0.15, -0.1) is 0 Å². The standard InChI is InChI=1S/C24H48N2O3/c1-22(2,3)18-25(8)10-9-23(4,5)19-26-11-12-28-20(16-26)15-24(6,7)21-17-27-13-14-29-21/h20-21H,9-19H2,1-8H3. The van der Waals surface area contributed by atoms with Crippen LogP contribution in [0.2, 0.25) is 0 Å². The number of nitrogens with zero attached hydrogens (tertiary/aromatic N) is 2. The summed E-state index contributed by atoms with van der Waals surface area (Å²) in [7, 11) is 2.26. The van der Waals surface area contributed by atoms with Gasteiger partial charge in [-0.2, -0.15) is 0 Å². The van der Waals surface area contributed by atoms with Crippen LogP contribution in [-0.4, -0.2) is 88.2 Å². The van der Waals surface area contributed by atoms with Crippen molar-refractivity contribution in [2.75, 3.05) is 66.2 Å². The SMILES string of the molecule is CN(CCC(C)(C)CN1CCOC(CC(C)(C)C2COCCO2)C1)CC(C)(C)C. The third-order valence-corrected chi connectivity index (χ3v) is 6.23. The van der Waals surface area contributed by atoms with Gasteiger partial charge >= 0.3 is 0 Å². The molecular formula is C24H48N2O3. The van der Waals surface area contributed by atoms with Gasteiger partial charge in [0.15, 0.2) is 0 Å². The van der Waals surface area contributed by atoms with Crippen LogP contribution >= 0.6 is 0 Å². The van der Waals surface area contributed by atoms with E-state index in [0.717, 1.165) is 52.4 Å². The molecule has 29 heavy (non-hydrogen) atoms. The first-order chi connectivity index (χ1) is 13.4. The van der Waals surface area contributed by atoms with E-state index in [1.807, 2.05) is 0 Å². The van der Waals surface area contributed by atoms with E-state index < -0.39 is 0 Å². The van der Waals surface area contributed by atoms with Crippen molar-refractivity contribution in [2.45, 2.75) is 73.5 Å². The zero-order valence-corrected chi connectivity index (χ0v) is 20.6. The summed E-state index contributed by atoms with van der Waals surface area (Å²) in [4.78, 5) is 5.10. The molecule has 0 aromatic heterocycles. The summed E-state index contributed by atoms with van der Waals surface area (Å²) in [5.41, 5.74) is 0.735. The van der Waals surface area contributed by atoms with E-state index in [1.54, 1.807) is 0 Å². The molecule has 2 fully saturated rings. The van der Waals surface area contributed by atoms with Crippen LogP contribution in [0.1, 0.15) is 61.3 Å². The minimum Gasteiger partial charge on any atom is -0.376 e. The lowest BCUT2D eigenvalue weighted by atomic mass is 9.80. The molecule has 5 nitrogen and oxygen atoms in total. The minimum absolute atomic E-state index is 0.0687. The highest BCUT2D eigenvalue weighted by Gasteiger charge is 2.37. The normalized spacial score (nSPS) is 25.6. The average molecular weight is 413 g/mol. The minimum atomic E-state index is 0.0687. The summed E-state index contributed by atoms with van der Waals surface area (Å²) < 4.78 is 17.8. The second-order valence-electron chi connectivity index (χ2n) is 12.1. The Kier molecular flexibility index (Phi) is 9.00. The van der Waals surface area contributed by atoms with Crippen LogP contribution in [0.15, 0.2) is 0 Å². The molecule has 172 valence electrons. The molecule has 0 spiro atoms. The molecule has 5 heteroatoms. The Morgan fingerprint density at radius 2 is 1.69 bits per heavy atom. The summed E-state index contributed by atoms with van der Waals surface area (Å²) in [6.07, 6.45) is 2.70. The highest BCUT2D eigenvalue weighted by Crippen LogP contribution is 2.33. The Bertz CT molecular complexity index is 481. The van der Waals surface area contributed by atoms with Crippen molar-refractivity contribution in [3.05, 3.63) is 0 Å². The Hall–Kier alpha value is -0.200. The first-order valence-electron chi connectivity index (χ1n) is 11.6. The molecule has 0 aromatic rings. The van der Waals surface area contributed by atoms with Crippen molar-refractivity contribution in [1.29, 1.82) is 0 Å². The van der Waals surface area contributed by atoms with E-state index in [1.165, 1.54) is 6.42 Å². The predicted octanol–water partition coefficient (Wildman–Crippen LogP) is 3.91. The second kappa shape index (κ2) is 10.4. The Labute approximate surface area is 180 Å². The molecule has 2 heterocycles. The van der Waals surface area contributed by atoms with Gasteiger partial charge in [-0.25, -0.2) is 0 Å². The first kappa shape index (κ1) is 25.1. The summed E-state index contributed by atoms with van der Waals surface area (Å²) >= 11 is 0. The highest BCUT2D eigenvalue weighted by atomic mass is 16.6. The van der Waals surface area contributed by atoms with Gasteiger partial charge in [-0.3, -0.25) is 4.90 Å². The van der Waals surface area contributed by atoms with Crippen molar-refractivity contribution in [2.24, 2.45) is 16.2 Å². The van der Waals surface area contributed by atoms with Crippen LogP contribution in [0, 0.1) is 16.2 Å². The van der Waals surface area contributed by atoms with E-state index in [9.17, 15) is 0 Å². The zero-order valence-electron chi connectivity index (χ0n) is 20.6. The van der Waals surface area contributed by atoms with E-state index >= 15 is 0 Å². The topological polar surface area (TPSA) is 34.2 Å². The molecular weight excluding hydrogens is 364 g/mol. The van der Waals surface area contributed by atoms with E-state index in [2.05, 4.69) is 65.3 Å². The van der Waals surface area contributed by atoms with Crippen molar-refractivity contribution in [3.8, 4) is 0 Å². The molecule has 0 radical (unpaired) electrons. The number of rotatable bonds is 9. The van der Waals surface area contributed by atoms with E-state index in [0.29, 0.717) is 24.0 Å². The van der Waals surface area contributed by atoms with Gasteiger partial charge in [-0.1, -0.05) is 48.5 Å². The summed E-state index contributed by atoms with van der Waals surface area (Å²) in [5, 5.41) is 0. The molecule has 2 saturated heterocycles. The van der Waals surface area contributed by atoms with E-state index in [4.69, 9.17) is 14.2 Å². The molecule has 0 bridgehead atoms. The lowest BCUT2D eigenvalue weighted by Crippen LogP contribution is -2.50. The van der Waals surface area contributed by atoms with Crippen LogP contribution < -0.4 is 0 Å². The largest absolute Gasteiger partial charge is 0.376 e. The maximum atomic E-state index is 6.16. The smallest absolute Gasteiger partial charge is 0.0861 e. The number of hydrogen-bond donors (Lipinski definition) is 0. The number of hydrogen-bond acceptors (Lipinski definition) is 5. The van der Waals surface area contributed by atoms with Gasteiger partial charge in [-0.05, 0) is 42.7 Å². The number of ether oxygens (including phenoxy) is 3. The van der Waals surface area contributed by atoms with Crippen LogP contribution in [-0.2, 0) is 14.2 Å². The zero-order chi connectivity index (χ0) is 21.7. The van der Waals surface area contributed by atoms with Crippen molar-refractivity contribution < 1.29 is 14.2 Å². The van der Waals surface area contributed by atoms with Gasteiger partial charge in [0, 0.05) is 26.2 Å². The van der Waals surface area contributed by atoms with Crippen molar-refractivity contribution >= 4 is 0 Å². The highest BCUT2D eigenvalue weighted by molar-refractivity contribution is 4.87. The number of morpholine rings is 1. The maximum Gasteiger partial charge on any atom is 0.0861 e. The molecule has 2 rings (SSSR count). The molecule has 2 aliphatic heterocycles. The maximum absolute atomic E-state index is 6.16. The molecule has 0 N–H and O–H groups in total. The third kappa shape index (κ3) is 9.22. The van der Waals surface area contributed by atoms with Crippen LogP contribution in [0.5, 0.6) is 0 Å². The van der Waals surface area contributed by atoms with Gasteiger partial charge in [0.05, 0.1) is 38.6 Å². The Balaban J connectivity index is 1.80. The van der Waals surface area contributed by atoms with Crippen molar-refractivity contribution in [3.63, 3.8) is 0 Å². The predicted molar refractivity (Wildman–Crippen MR) is 120 cm³/mol. The van der Waals surface area contributed by atoms with Gasteiger partial charge in [0.25, 0.3) is 0 Å². The molecule has 0 aromatic carbocycles. The Morgan fingerprint density at radius 3 is 2.31 bits per heavy atom. The molecule has 0 saturated carbocycles. The summed E-state index contributed by atoms with van der Waals surface area (Å²) in [5.74, 6) is 0. The lowest BCUT2D eigenvalue weighted by Gasteiger charge is -2.43. The van der Waals surface area contributed by atoms with Gasteiger partial charge in [0.1, 0.15) is 0 Å². The fourth-order valence-corrected chi connectivity index (χ4v) is 4.77. The van der Waals surface area contributed by atoms with Crippen LogP contribution in [0.25, 0.3) is 0 Å². The van der Waals surface area contributed by atoms with Gasteiger partial charge < -0.3 is 19.1 Å². The lowest BCUT2D eigenvalue weighted by molar-refractivity contribution is -0.148. The molecule has 2 aliphatic rings. The Morgan fingerprint density at radius 1 is 0.966 bits per heavy atom. The third-order valence-electron chi connectivity index (χ3n) is 6.23. The van der Waals surface area contributed by atoms with E-state index in [-0.39, 0.29) is 17.6 Å². The molecule has 2 atom stereocenters. The summed E-state index contributed by atoms with van der Waals surface area (Å²) in [6, 6.07) is 0. The quantitative estimate of drug-likeness (QED) is 0.573. The van der Waals surface area contributed by atoms with Crippen LogP contribution in [0.3, 0.4) is 0 Å². The summed E-state index contributed by atoms with van der Waals surface area (Å²) in [6.45, 7) is 24.9. The average Bonchev–Trinajstić information content (AvgIpc) is 2.59.